The van der Waals surface area contributed by atoms with Gasteiger partial charge in [0.25, 0.3) is 0 Å². The zero-order valence-corrected chi connectivity index (χ0v) is 32.7. The summed E-state index contributed by atoms with van der Waals surface area (Å²) in [5.74, 6) is -1.95. The molecule has 8 unspecified atom stereocenters. The van der Waals surface area contributed by atoms with Crippen molar-refractivity contribution in [2.45, 2.75) is 77.0 Å². The molecule has 4 aromatic carbocycles. The van der Waals surface area contributed by atoms with E-state index in [0.717, 1.165) is 41.3 Å². The van der Waals surface area contributed by atoms with Gasteiger partial charge < -0.3 is 25.2 Å². The van der Waals surface area contributed by atoms with Crippen LogP contribution in [0.4, 0.5) is 19.3 Å². The summed E-state index contributed by atoms with van der Waals surface area (Å²) in [6, 6.07) is 24.3. The number of nitrogens with zero attached hydrogens (tertiary/aromatic N) is 1. The van der Waals surface area contributed by atoms with Crippen molar-refractivity contribution < 1.29 is 33.3 Å². The van der Waals surface area contributed by atoms with Crippen molar-refractivity contribution in [1.82, 2.24) is 4.90 Å². The highest BCUT2D eigenvalue weighted by Crippen LogP contribution is 2.78. The van der Waals surface area contributed by atoms with E-state index in [9.17, 15) is 28.6 Å². The molecule has 7 nitrogen and oxygen atoms in total. The Bertz CT molecular complexity index is 2340. The molecule has 4 aromatic rings. The molecule has 57 heavy (non-hydrogen) atoms. The number of rotatable bonds is 8. The van der Waals surface area contributed by atoms with Gasteiger partial charge in [-0.2, -0.15) is 0 Å². The lowest BCUT2D eigenvalue weighted by Crippen LogP contribution is -2.67. The normalized spacial score (nSPS) is 33.5. The minimum atomic E-state index is -1.33. The molecule has 6 aliphatic carbocycles. The molecule has 0 radical (unpaired) electrons. The van der Waals surface area contributed by atoms with Crippen LogP contribution < -0.4 is 10.1 Å². The highest BCUT2D eigenvalue weighted by Gasteiger charge is 2.74. The number of urea groups is 1. The molecule has 2 bridgehead atoms. The average Bonchev–Trinajstić information content (AvgIpc) is 3.48. The molecule has 0 heterocycles. The number of ketones is 1. The summed E-state index contributed by atoms with van der Waals surface area (Å²) >= 11 is 0. The van der Waals surface area contributed by atoms with Gasteiger partial charge in [0.2, 0.25) is 0 Å². The summed E-state index contributed by atoms with van der Waals surface area (Å²) < 4.78 is 34.2. The second kappa shape index (κ2) is 13.3. The smallest absolute Gasteiger partial charge is 0.322 e. The number of methoxy groups -OCH3 is 1. The van der Waals surface area contributed by atoms with E-state index in [1.54, 1.807) is 36.3 Å². The van der Waals surface area contributed by atoms with E-state index in [1.165, 1.54) is 6.07 Å². The van der Waals surface area contributed by atoms with Crippen molar-refractivity contribution in [1.29, 1.82) is 0 Å². The second-order valence-corrected chi connectivity index (χ2v) is 17.9. The number of amides is 2. The number of hydrogen-bond donors (Lipinski definition) is 3. The highest BCUT2D eigenvalue weighted by molar-refractivity contribution is 6.10. The lowest BCUT2D eigenvalue weighted by molar-refractivity contribution is -0.174. The second-order valence-electron chi connectivity index (χ2n) is 17.9. The van der Waals surface area contributed by atoms with Gasteiger partial charge in [0.15, 0.2) is 17.4 Å². The van der Waals surface area contributed by atoms with Crippen LogP contribution in [0.5, 0.6) is 5.75 Å². The molecule has 3 saturated carbocycles. The lowest BCUT2D eigenvalue weighted by atomic mass is 9.32. The van der Waals surface area contributed by atoms with E-state index >= 15 is 0 Å². The molecular weight excluding hydrogens is 723 g/mol. The van der Waals surface area contributed by atoms with Crippen molar-refractivity contribution in [2.75, 3.05) is 19.0 Å². The number of hydrogen-bond acceptors (Lipinski definition) is 5. The first-order chi connectivity index (χ1) is 27.3. The number of nitrogens with one attached hydrogen (secondary N) is 1. The molecule has 296 valence electrons. The Hall–Kier alpha value is -4.86. The quantitative estimate of drug-likeness (QED) is 0.122. The fourth-order valence-corrected chi connectivity index (χ4v) is 12.4. The third kappa shape index (κ3) is 5.55. The average molecular weight is 773 g/mol. The third-order valence-corrected chi connectivity index (χ3v) is 15.5. The molecule has 9 heteroatoms. The number of carbonyl (C=O) groups excluding carboxylic acids is 2. The SMILES string of the molecule is COc1ccc(NC(=O)N(Cc2cccc3ccccc23)CC2(O)CCC3C45C=CC6(C=C4C(=O)c4ccc(F)c(F)c4)CC(O)CCC6(C)C5CCC32C)cc1. The summed E-state index contributed by atoms with van der Waals surface area (Å²) in [4.78, 5) is 31.0. The van der Waals surface area contributed by atoms with Gasteiger partial charge in [-0.3, -0.25) is 4.79 Å². The monoisotopic (exact) mass is 772 g/mol. The molecule has 0 aromatic heterocycles. The van der Waals surface area contributed by atoms with Crippen LogP contribution in [0.1, 0.15) is 74.7 Å². The predicted molar refractivity (Wildman–Crippen MR) is 216 cm³/mol. The molecule has 6 aliphatic rings. The van der Waals surface area contributed by atoms with E-state index in [2.05, 4.69) is 37.4 Å². The fourth-order valence-electron chi connectivity index (χ4n) is 12.4. The first-order valence-electron chi connectivity index (χ1n) is 20.3. The molecular formula is C48H50F2N2O5. The number of fused-ring (bicyclic) bond motifs is 2. The predicted octanol–water partition coefficient (Wildman–Crippen LogP) is 9.63. The number of benzene rings is 4. The van der Waals surface area contributed by atoms with Gasteiger partial charge in [0.05, 0.1) is 25.4 Å². The van der Waals surface area contributed by atoms with Gasteiger partial charge in [-0.25, -0.2) is 13.6 Å². The first kappa shape index (κ1) is 37.7. The molecule has 3 N–H and O–H groups in total. The molecule has 2 spiro atoms. The van der Waals surface area contributed by atoms with Crippen LogP contribution in [0.15, 0.2) is 109 Å². The van der Waals surface area contributed by atoms with Gasteiger partial charge in [0, 0.05) is 39.6 Å². The standard InChI is InChI=1S/C48H50F2N2O5/c1-44-20-17-34(53)26-46(44)23-24-48(37(27-46)42(54)31-11-16-38(49)39(50)25-31)40(44)18-21-45(2)41(48)19-22-47(45,56)29-52(43(55)51-33-12-14-35(57-3)15-13-33)28-32-9-6-8-30-7-4-5-10-36(30)32/h4-16,23-25,27,34,40-41,53,56H,17-22,26,28-29H2,1-3H3,(H,51,55). The Kier molecular flexibility index (Phi) is 8.83. The molecule has 10 rings (SSSR count). The van der Waals surface area contributed by atoms with Gasteiger partial charge in [-0.15, -0.1) is 0 Å². The van der Waals surface area contributed by atoms with E-state index in [0.29, 0.717) is 49.1 Å². The first-order valence-corrected chi connectivity index (χ1v) is 20.3. The van der Waals surface area contributed by atoms with Crippen LogP contribution in [0.3, 0.4) is 0 Å². The summed E-state index contributed by atoms with van der Waals surface area (Å²) in [6.07, 6.45) is 10.3. The van der Waals surface area contributed by atoms with Gasteiger partial charge >= 0.3 is 6.03 Å². The number of halogens is 2. The number of aliphatic hydroxyl groups is 2. The fraction of sp³-hybridized carbons (Fsp3) is 0.417. The Morgan fingerprint density at radius 3 is 2.35 bits per heavy atom. The maximum Gasteiger partial charge on any atom is 0.322 e. The molecule has 3 fully saturated rings. The zero-order chi connectivity index (χ0) is 40.0. The van der Waals surface area contributed by atoms with E-state index in [4.69, 9.17) is 4.74 Å². The van der Waals surface area contributed by atoms with E-state index < -0.39 is 39.6 Å². The van der Waals surface area contributed by atoms with Crippen LogP contribution in [0, 0.1) is 45.1 Å². The van der Waals surface area contributed by atoms with Crippen LogP contribution in [-0.4, -0.2) is 52.3 Å². The Morgan fingerprint density at radius 2 is 1.58 bits per heavy atom. The maximum absolute atomic E-state index is 14.8. The van der Waals surface area contributed by atoms with Crippen LogP contribution in [0.25, 0.3) is 10.8 Å². The molecule has 8 atom stereocenters. The number of anilines is 1. The largest absolute Gasteiger partial charge is 0.497 e. The summed E-state index contributed by atoms with van der Waals surface area (Å²) in [6.45, 7) is 4.74. The van der Waals surface area contributed by atoms with Crippen molar-refractivity contribution in [3.63, 3.8) is 0 Å². The summed E-state index contributed by atoms with van der Waals surface area (Å²) in [7, 11) is 1.59. The Labute approximate surface area is 332 Å². The van der Waals surface area contributed by atoms with E-state index in [-0.39, 0.29) is 47.7 Å². The Morgan fingerprint density at radius 1 is 0.860 bits per heavy atom. The van der Waals surface area contributed by atoms with Crippen molar-refractivity contribution >= 4 is 28.3 Å². The summed E-state index contributed by atoms with van der Waals surface area (Å²) in [5.41, 5.74) is -1.52. The summed E-state index contributed by atoms with van der Waals surface area (Å²) in [5, 5.41) is 29.4. The van der Waals surface area contributed by atoms with Crippen LogP contribution in [-0.2, 0) is 6.54 Å². The highest BCUT2D eigenvalue weighted by atomic mass is 19.2. The number of Topliss-reactive ketones (excluding diaryl/α,β-unsaturated/α-hetero) is 1. The van der Waals surface area contributed by atoms with Crippen LogP contribution >= 0.6 is 0 Å². The van der Waals surface area contributed by atoms with Crippen molar-refractivity contribution in [3.8, 4) is 5.75 Å². The number of ether oxygens (including phenoxy) is 1. The molecule has 2 amide bonds. The van der Waals surface area contributed by atoms with Crippen LogP contribution in [0.2, 0.25) is 0 Å². The minimum absolute atomic E-state index is 0.0160. The number of allylic oxidation sites excluding steroid dienone is 4. The number of aliphatic hydroxyl groups excluding tert-OH is 1. The molecule has 0 saturated heterocycles. The van der Waals surface area contributed by atoms with Gasteiger partial charge in [-0.1, -0.05) is 74.5 Å². The molecule has 0 aliphatic heterocycles. The zero-order valence-electron chi connectivity index (χ0n) is 32.7. The minimum Gasteiger partial charge on any atom is -0.497 e. The Balaban J connectivity index is 1.12. The van der Waals surface area contributed by atoms with Gasteiger partial charge in [-0.05, 0) is 121 Å². The van der Waals surface area contributed by atoms with Crippen molar-refractivity contribution in [2.24, 2.45) is 33.5 Å². The number of carbonyl (C=O) groups is 2. The van der Waals surface area contributed by atoms with Gasteiger partial charge in [0.1, 0.15) is 5.75 Å². The third-order valence-electron chi connectivity index (χ3n) is 15.5. The van der Waals surface area contributed by atoms with E-state index in [1.807, 2.05) is 42.5 Å². The maximum atomic E-state index is 14.8. The van der Waals surface area contributed by atoms with Crippen molar-refractivity contribution in [3.05, 3.63) is 131 Å². The lowest BCUT2D eigenvalue weighted by Gasteiger charge is -2.71. The topological polar surface area (TPSA) is 99.1 Å².